The number of fused-ring (bicyclic) bond motifs is 4. The fourth-order valence-corrected chi connectivity index (χ4v) is 5.08. The summed E-state index contributed by atoms with van der Waals surface area (Å²) in [6.07, 6.45) is 5.02. The molecule has 1 saturated heterocycles. The Morgan fingerprint density at radius 3 is 2.88 bits per heavy atom. The van der Waals surface area contributed by atoms with Crippen LogP contribution < -0.4 is 9.47 Å². The van der Waals surface area contributed by atoms with Crippen molar-refractivity contribution in [3.8, 4) is 28.6 Å². The average molecular weight is 461 g/mol. The molecule has 6 rings (SSSR count). The molecular weight excluding hydrogens is 432 g/mol. The number of benzene rings is 1. The van der Waals surface area contributed by atoms with Crippen LogP contribution in [0.5, 0.6) is 11.5 Å². The summed E-state index contributed by atoms with van der Waals surface area (Å²) in [6.45, 7) is 8.20. The quantitative estimate of drug-likeness (QED) is 0.583. The lowest BCUT2D eigenvalue weighted by molar-refractivity contribution is -0.0373. The van der Waals surface area contributed by atoms with Gasteiger partial charge in [0.2, 0.25) is 0 Å². The van der Waals surface area contributed by atoms with Crippen molar-refractivity contribution in [1.82, 2.24) is 19.4 Å². The molecule has 1 amide bonds. The minimum Gasteiger partial charge on any atom is -0.486 e. The second kappa shape index (κ2) is 7.84. The van der Waals surface area contributed by atoms with Gasteiger partial charge in [-0.05, 0) is 57.4 Å². The van der Waals surface area contributed by atoms with Crippen LogP contribution >= 0.6 is 0 Å². The van der Waals surface area contributed by atoms with Crippen LogP contribution in [0.2, 0.25) is 0 Å². The minimum absolute atomic E-state index is 0.0186. The van der Waals surface area contributed by atoms with Crippen LogP contribution in [0.15, 0.2) is 36.7 Å². The summed E-state index contributed by atoms with van der Waals surface area (Å²) in [6, 6.07) is 7.96. The molecule has 1 fully saturated rings. The van der Waals surface area contributed by atoms with Crippen molar-refractivity contribution in [2.45, 2.75) is 45.3 Å². The third-order valence-electron chi connectivity index (χ3n) is 6.80. The van der Waals surface area contributed by atoms with E-state index in [1.807, 2.05) is 43.9 Å². The van der Waals surface area contributed by atoms with Crippen LogP contribution in [0.3, 0.4) is 0 Å². The standard InChI is InChI=1S/C26H28N4O4/c1-16-14-33-21-11-17-6-7-19-23(25(31)29-9-10-32-15-26(29,2)3)28-24(18-5-4-8-27-13-18)30(19)20(17)12-22(21)34-16/h4-5,8,11-13,16H,6-7,9-10,14-15H2,1-3H3. The molecule has 5 heterocycles. The fourth-order valence-electron chi connectivity index (χ4n) is 5.08. The molecule has 3 aliphatic rings. The highest BCUT2D eigenvalue weighted by Crippen LogP contribution is 2.41. The molecule has 1 aromatic carbocycles. The lowest BCUT2D eigenvalue weighted by Gasteiger charge is -2.41. The third-order valence-corrected chi connectivity index (χ3v) is 6.80. The zero-order valence-electron chi connectivity index (χ0n) is 19.7. The molecule has 1 unspecified atom stereocenters. The number of rotatable bonds is 2. The Labute approximate surface area is 198 Å². The van der Waals surface area contributed by atoms with Crippen LogP contribution in [0.1, 0.15) is 42.5 Å². The van der Waals surface area contributed by atoms with Gasteiger partial charge < -0.3 is 19.1 Å². The van der Waals surface area contributed by atoms with Crippen LogP contribution in [-0.2, 0) is 17.6 Å². The topological polar surface area (TPSA) is 78.7 Å². The Morgan fingerprint density at radius 1 is 1.21 bits per heavy atom. The van der Waals surface area contributed by atoms with Gasteiger partial charge >= 0.3 is 0 Å². The van der Waals surface area contributed by atoms with E-state index in [9.17, 15) is 4.79 Å². The summed E-state index contributed by atoms with van der Waals surface area (Å²) < 4.78 is 19.7. The number of nitrogens with zero attached hydrogens (tertiary/aromatic N) is 4. The van der Waals surface area contributed by atoms with Crippen LogP contribution in [0.25, 0.3) is 17.1 Å². The summed E-state index contributed by atoms with van der Waals surface area (Å²) in [5.41, 5.74) is 4.01. The molecule has 0 saturated carbocycles. The summed E-state index contributed by atoms with van der Waals surface area (Å²) in [4.78, 5) is 25.0. The van der Waals surface area contributed by atoms with E-state index >= 15 is 0 Å². The molecule has 3 aliphatic heterocycles. The lowest BCUT2D eigenvalue weighted by Crippen LogP contribution is -2.55. The van der Waals surface area contributed by atoms with Crippen molar-refractivity contribution in [3.63, 3.8) is 0 Å². The van der Waals surface area contributed by atoms with Gasteiger partial charge in [0, 0.05) is 30.6 Å². The van der Waals surface area contributed by atoms with E-state index in [2.05, 4.69) is 15.6 Å². The molecule has 2 aromatic heterocycles. The zero-order chi connectivity index (χ0) is 23.4. The number of pyridine rings is 1. The normalized spacial score (nSPS) is 20.4. The van der Waals surface area contributed by atoms with Crippen molar-refractivity contribution < 1.29 is 19.0 Å². The lowest BCUT2D eigenvalue weighted by atomic mass is 9.97. The maximum absolute atomic E-state index is 13.9. The highest BCUT2D eigenvalue weighted by molar-refractivity contribution is 5.95. The molecule has 3 aromatic rings. The van der Waals surface area contributed by atoms with E-state index in [4.69, 9.17) is 19.2 Å². The molecule has 0 radical (unpaired) electrons. The summed E-state index contributed by atoms with van der Waals surface area (Å²) in [5, 5.41) is 0. The van der Waals surface area contributed by atoms with Crippen LogP contribution in [-0.4, -0.2) is 63.4 Å². The molecular formula is C26H28N4O4. The Balaban J connectivity index is 1.53. The number of morpholine rings is 1. The zero-order valence-corrected chi connectivity index (χ0v) is 19.7. The van der Waals surface area contributed by atoms with Gasteiger partial charge in [0.15, 0.2) is 17.2 Å². The Bertz CT molecular complexity index is 1270. The number of amides is 1. The number of aryl methyl sites for hydroxylation is 1. The number of carbonyl (C=O) groups is 1. The number of imidazole rings is 1. The number of carbonyl (C=O) groups excluding carboxylic acids is 1. The summed E-state index contributed by atoms with van der Waals surface area (Å²) >= 11 is 0. The van der Waals surface area contributed by atoms with Crippen molar-refractivity contribution >= 4 is 5.91 Å². The SMILES string of the molecule is CC1COc2cc3c(cc2O1)-n1c(-c2cccnc2)nc(C(=O)N2CCOCC2(C)C)c1CC3. The molecule has 34 heavy (non-hydrogen) atoms. The summed E-state index contributed by atoms with van der Waals surface area (Å²) in [5.74, 6) is 2.15. The first-order valence-corrected chi connectivity index (χ1v) is 11.8. The second-order valence-corrected chi connectivity index (χ2v) is 9.80. The largest absolute Gasteiger partial charge is 0.486 e. The fraction of sp³-hybridized carbons (Fsp3) is 0.423. The maximum Gasteiger partial charge on any atom is 0.274 e. The van der Waals surface area contributed by atoms with Gasteiger partial charge in [0.25, 0.3) is 5.91 Å². The smallest absolute Gasteiger partial charge is 0.274 e. The molecule has 0 aliphatic carbocycles. The van der Waals surface area contributed by atoms with E-state index in [0.29, 0.717) is 44.3 Å². The number of aromatic nitrogens is 3. The molecule has 1 atom stereocenters. The van der Waals surface area contributed by atoms with Gasteiger partial charge in [-0.3, -0.25) is 14.3 Å². The predicted octanol–water partition coefficient (Wildman–Crippen LogP) is 3.44. The Morgan fingerprint density at radius 2 is 2.09 bits per heavy atom. The second-order valence-electron chi connectivity index (χ2n) is 9.80. The maximum atomic E-state index is 13.9. The monoisotopic (exact) mass is 460 g/mol. The number of hydrogen-bond donors (Lipinski definition) is 0. The summed E-state index contributed by atoms with van der Waals surface area (Å²) in [7, 11) is 0. The molecule has 8 nitrogen and oxygen atoms in total. The van der Waals surface area contributed by atoms with E-state index < -0.39 is 5.54 Å². The Hall–Kier alpha value is -3.39. The number of ether oxygens (including phenoxy) is 3. The van der Waals surface area contributed by atoms with Gasteiger partial charge in [0.1, 0.15) is 18.5 Å². The van der Waals surface area contributed by atoms with E-state index in [1.165, 1.54) is 0 Å². The van der Waals surface area contributed by atoms with Crippen molar-refractivity contribution in [1.29, 1.82) is 0 Å². The van der Waals surface area contributed by atoms with E-state index in [-0.39, 0.29) is 12.0 Å². The third kappa shape index (κ3) is 3.36. The van der Waals surface area contributed by atoms with Gasteiger partial charge in [-0.1, -0.05) is 0 Å². The average Bonchev–Trinajstić information content (AvgIpc) is 3.23. The molecule has 0 N–H and O–H groups in total. The number of hydrogen-bond acceptors (Lipinski definition) is 6. The first-order chi connectivity index (χ1) is 16.4. The first kappa shape index (κ1) is 21.2. The van der Waals surface area contributed by atoms with Crippen LogP contribution in [0, 0.1) is 0 Å². The highest BCUT2D eigenvalue weighted by Gasteiger charge is 2.38. The van der Waals surface area contributed by atoms with E-state index in [1.54, 1.807) is 12.4 Å². The minimum atomic E-state index is -0.396. The van der Waals surface area contributed by atoms with Crippen molar-refractivity contribution in [3.05, 3.63) is 53.6 Å². The highest BCUT2D eigenvalue weighted by atomic mass is 16.6. The molecule has 176 valence electrons. The molecule has 0 bridgehead atoms. The van der Waals surface area contributed by atoms with Gasteiger partial charge in [-0.2, -0.15) is 0 Å². The van der Waals surface area contributed by atoms with Gasteiger partial charge in [-0.25, -0.2) is 4.98 Å². The first-order valence-electron chi connectivity index (χ1n) is 11.8. The Kier molecular flexibility index (Phi) is 4.88. The molecule has 8 heteroatoms. The van der Waals surface area contributed by atoms with Crippen molar-refractivity contribution in [2.75, 3.05) is 26.4 Å². The van der Waals surface area contributed by atoms with Crippen molar-refractivity contribution in [2.24, 2.45) is 0 Å². The van der Waals surface area contributed by atoms with Crippen LogP contribution in [0.4, 0.5) is 0 Å². The van der Waals surface area contributed by atoms with E-state index in [0.717, 1.165) is 40.4 Å². The predicted molar refractivity (Wildman–Crippen MR) is 126 cm³/mol. The van der Waals surface area contributed by atoms with Gasteiger partial charge in [0.05, 0.1) is 30.1 Å². The van der Waals surface area contributed by atoms with Gasteiger partial charge in [-0.15, -0.1) is 0 Å². The molecule has 0 spiro atoms.